The van der Waals surface area contributed by atoms with E-state index in [9.17, 15) is 14.0 Å². The van der Waals surface area contributed by atoms with Crippen LogP contribution in [0.2, 0.25) is 0 Å². The van der Waals surface area contributed by atoms with Crippen molar-refractivity contribution in [2.24, 2.45) is 12.8 Å². The summed E-state index contributed by atoms with van der Waals surface area (Å²) >= 11 is 0. The van der Waals surface area contributed by atoms with E-state index in [0.717, 1.165) is 18.8 Å². The molecule has 0 radical (unpaired) electrons. The molecule has 3 heterocycles. The van der Waals surface area contributed by atoms with E-state index in [2.05, 4.69) is 49.8 Å². The zero-order valence-electron chi connectivity index (χ0n) is 21.9. The second-order valence-corrected chi connectivity index (χ2v) is 9.71. The normalized spacial score (nSPS) is 17.4. The number of ether oxygens (including phenoxy) is 1. The van der Waals surface area contributed by atoms with Crippen LogP contribution in [-0.4, -0.2) is 70.0 Å². The molecule has 2 unspecified atom stereocenters. The zero-order chi connectivity index (χ0) is 27.7. The lowest BCUT2D eigenvalue weighted by Crippen LogP contribution is -2.54. The first kappa shape index (κ1) is 26.1. The van der Waals surface area contributed by atoms with Gasteiger partial charge in [0.25, 0.3) is 5.91 Å². The number of carbonyl (C=O) groups is 2. The maximum Gasteiger partial charge on any atom is 0.317 e. The number of nitrogens with two attached hydrogens (primary N) is 1. The number of urea groups is 1. The van der Waals surface area contributed by atoms with Crippen molar-refractivity contribution < 1.29 is 18.7 Å². The maximum atomic E-state index is 14.6. The Morgan fingerprint density at radius 1 is 1.21 bits per heavy atom. The summed E-state index contributed by atoms with van der Waals surface area (Å²) in [6.45, 7) is 6.04. The average Bonchev–Trinajstić information content (AvgIpc) is 3.25. The molecule has 1 fully saturated rings. The Kier molecular flexibility index (Phi) is 7.15. The molecule has 0 saturated carbocycles. The molecule has 1 aliphatic heterocycles. The summed E-state index contributed by atoms with van der Waals surface area (Å²) in [5.41, 5.74) is 7.17. The highest BCUT2D eigenvalue weighted by molar-refractivity contribution is 6.14. The molecule has 2 aromatic carbocycles. The van der Waals surface area contributed by atoms with Crippen LogP contribution in [0.25, 0.3) is 21.8 Å². The number of fused-ring (bicyclic) bond motifs is 2. The van der Waals surface area contributed by atoms with E-state index >= 15 is 0 Å². The highest BCUT2D eigenvalue weighted by atomic mass is 19.1. The fraction of sp³-hybridized carbons (Fsp3) is 0.346. The van der Waals surface area contributed by atoms with E-state index in [-0.39, 0.29) is 42.3 Å². The predicted octanol–water partition coefficient (Wildman–Crippen LogP) is 2.14. The molecule has 0 bridgehead atoms. The minimum atomic E-state index is -0.665. The first-order valence-electron chi connectivity index (χ1n) is 12.6. The van der Waals surface area contributed by atoms with E-state index < -0.39 is 17.8 Å². The van der Waals surface area contributed by atoms with Gasteiger partial charge in [-0.2, -0.15) is 10.1 Å². The monoisotopic (exact) mass is 535 g/mol. The van der Waals surface area contributed by atoms with Gasteiger partial charge in [-0.25, -0.2) is 14.2 Å². The maximum absolute atomic E-state index is 14.6. The first-order valence-corrected chi connectivity index (χ1v) is 12.6. The van der Waals surface area contributed by atoms with Crippen LogP contribution in [0.4, 0.5) is 20.6 Å². The number of aromatic nitrogens is 4. The molecule has 13 heteroatoms. The van der Waals surface area contributed by atoms with Crippen molar-refractivity contribution in [3.05, 3.63) is 48.0 Å². The molecule has 2 atom stereocenters. The largest absolute Gasteiger partial charge is 0.462 e. The molecule has 5 rings (SSSR count). The van der Waals surface area contributed by atoms with Crippen LogP contribution in [0.15, 0.2) is 36.7 Å². The van der Waals surface area contributed by atoms with Crippen LogP contribution in [0.3, 0.4) is 0 Å². The number of piperazine rings is 1. The number of nitrogens with zero attached hydrogens (tertiary/aromatic N) is 5. The van der Waals surface area contributed by atoms with Crippen LogP contribution < -0.4 is 31.3 Å². The summed E-state index contributed by atoms with van der Waals surface area (Å²) in [6.07, 6.45) is 3.31. The highest BCUT2D eigenvalue weighted by Gasteiger charge is 2.25. The summed E-state index contributed by atoms with van der Waals surface area (Å²) in [5.74, 6) is -0.996. The number of primary amides is 1. The quantitative estimate of drug-likeness (QED) is 0.263. The van der Waals surface area contributed by atoms with Gasteiger partial charge in [0.1, 0.15) is 12.1 Å². The first-order chi connectivity index (χ1) is 18.7. The van der Waals surface area contributed by atoms with Gasteiger partial charge in [-0.3, -0.25) is 9.48 Å². The van der Waals surface area contributed by atoms with Gasteiger partial charge in [-0.15, -0.1) is 0 Å². The Morgan fingerprint density at radius 2 is 1.97 bits per heavy atom. The van der Waals surface area contributed by atoms with Crippen molar-refractivity contribution in [3.8, 4) is 6.01 Å². The lowest BCUT2D eigenvalue weighted by atomic mass is 10.0. The van der Waals surface area contributed by atoms with Gasteiger partial charge in [-0.1, -0.05) is 0 Å². The summed E-state index contributed by atoms with van der Waals surface area (Å²) in [7, 11) is 1.70. The lowest BCUT2D eigenvalue weighted by molar-refractivity contribution is 0.102. The van der Waals surface area contributed by atoms with Gasteiger partial charge in [0.05, 0.1) is 17.6 Å². The van der Waals surface area contributed by atoms with Gasteiger partial charge in [0.2, 0.25) is 0 Å². The van der Waals surface area contributed by atoms with Crippen molar-refractivity contribution in [1.82, 2.24) is 30.4 Å². The lowest BCUT2D eigenvalue weighted by Gasteiger charge is -2.38. The standard InChI is InChI=1S/C26H30FN9O3/c1-14-11-36(12-15(2)31-14)21-5-4-18(23-19(21)10-30-26(33-23)39-7-6-29-25(28)38)24(37)32-17-8-16-13-35(3)34-22(16)20(27)9-17/h4-5,8-10,13-15,31H,6-7,11-12H2,1-3H3,(H,32,37)(H3,28,29,38). The highest BCUT2D eigenvalue weighted by Crippen LogP contribution is 2.31. The van der Waals surface area contributed by atoms with Crippen molar-refractivity contribution in [3.63, 3.8) is 0 Å². The van der Waals surface area contributed by atoms with Crippen LogP contribution in [0.1, 0.15) is 24.2 Å². The molecule has 1 saturated heterocycles. The SMILES string of the molecule is CC1CN(c2ccc(C(=O)Nc3cc(F)c4nn(C)cc4c3)c3nc(OCCNC(N)=O)ncc23)CC(C)N1. The number of amides is 3. The smallest absolute Gasteiger partial charge is 0.317 e. The van der Waals surface area contributed by atoms with Gasteiger partial charge in [0, 0.05) is 66.8 Å². The number of nitrogens with one attached hydrogen (secondary N) is 3. The third kappa shape index (κ3) is 5.67. The van der Waals surface area contributed by atoms with Crippen LogP contribution >= 0.6 is 0 Å². The minimum absolute atomic E-state index is 0.0461. The zero-order valence-corrected chi connectivity index (χ0v) is 21.9. The second-order valence-electron chi connectivity index (χ2n) is 9.71. The van der Waals surface area contributed by atoms with E-state index in [0.29, 0.717) is 22.0 Å². The summed E-state index contributed by atoms with van der Waals surface area (Å²) in [4.78, 5) is 35.5. The fourth-order valence-electron chi connectivity index (χ4n) is 4.94. The van der Waals surface area contributed by atoms with E-state index in [1.807, 2.05) is 6.07 Å². The summed E-state index contributed by atoms with van der Waals surface area (Å²) in [6, 6.07) is 6.41. The fourth-order valence-corrected chi connectivity index (χ4v) is 4.94. The molecule has 0 spiro atoms. The number of rotatable bonds is 7. The number of hydrogen-bond donors (Lipinski definition) is 4. The van der Waals surface area contributed by atoms with Gasteiger partial charge < -0.3 is 31.3 Å². The molecule has 12 nitrogen and oxygen atoms in total. The van der Waals surface area contributed by atoms with E-state index in [1.54, 1.807) is 31.6 Å². The van der Waals surface area contributed by atoms with Crippen LogP contribution in [0.5, 0.6) is 6.01 Å². The number of anilines is 2. The van der Waals surface area contributed by atoms with Crippen LogP contribution in [-0.2, 0) is 7.05 Å². The molecule has 4 aromatic rings. The predicted molar refractivity (Wildman–Crippen MR) is 146 cm³/mol. The number of hydrogen-bond acceptors (Lipinski definition) is 8. The molecule has 1 aliphatic rings. The number of aryl methyl sites for hydroxylation is 1. The number of carbonyl (C=O) groups excluding carboxylic acids is 2. The number of benzene rings is 2. The molecule has 5 N–H and O–H groups in total. The molecule has 3 amide bonds. The summed E-state index contributed by atoms with van der Waals surface area (Å²) in [5, 5.41) is 14.1. The molecule has 204 valence electrons. The van der Waals surface area contributed by atoms with E-state index in [4.69, 9.17) is 10.5 Å². The van der Waals surface area contributed by atoms with Crippen molar-refractivity contribution >= 4 is 45.1 Å². The van der Waals surface area contributed by atoms with Crippen LogP contribution in [0, 0.1) is 5.82 Å². The van der Waals surface area contributed by atoms with Gasteiger partial charge in [0.15, 0.2) is 5.82 Å². The van der Waals surface area contributed by atoms with Crippen molar-refractivity contribution in [2.75, 3.05) is 36.5 Å². The Balaban J connectivity index is 1.50. The Morgan fingerprint density at radius 3 is 2.72 bits per heavy atom. The molecule has 0 aliphatic carbocycles. The Labute approximate surface area is 223 Å². The Bertz CT molecular complexity index is 1550. The van der Waals surface area contributed by atoms with Gasteiger partial charge in [-0.05, 0) is 38.1 Å². The third-order valence-electron chi connectivity index (χ3n) is 6.42. The molecule has 2 aromatic heterocycles. The molecule has 39 heavy (non-hydrogen) atoms. The molecular formula is C26H30FN9O3. The Hall–Kier alpha value is -4.52. The number of halogens is 1. The molecular weight excluding hydrogens is 505 g/mol. The van der Waals surface area contributed by atoms with Gasteiger partial charge >= 0.3 is 12.0 Å². The van der Waals surface area contributed by atoms with E-state index in [1.165, 1.54) is 10.7 Å². The summed E-state index contributed by atoms with van der Waals surface area (Å²) < 4.78 is 21.7. The topological polar surface area (TPSA) is 152 Å². The average molecular weight is 536 g/mol. The minimum Gasteiger partial charge on any atom is -0.462 e. The third-order valence-corrected chi connectivity index (χ3v) is 6.42. The second kappa shape index (κ2) is 10.7. The van der Waals surface area contributed by atoms with Crippen molar-refractivity contribution in [1.29, 1.82) is 0 Å². The van der Waals surface area contributed by atoms with Crippen molar-refractivity contribution in [2.45, 2.75) is 25.9 Å².